The molecule has 0 fully saturated rings. The van der Waals surface area contributed by atoms with Gasteiger partial charge in [0.25, 0.3) is 0 Å². The first kappa shape index (κ1) is 15.3. The lowest BCUT2D eigenvalue weighted by Crippen LogP contribution is -2.29. The molecule has 0 aromatic heterocycles. The van der Waals surface area contributed by atoms with Crippen LogP contribution in [0.4, 0.5) is 5.69 Å². The standard InChI is InChI=1S/C14H23N3O2/c1-2-17(12-7-6-8-13(18)11-12)10-5-3-4-9-14(19)16-15/h6-8,11,18H,2-5,9-10,15H2,1H3,(H,16,19). The first-order chi connectivity index (χ1) is 9.17. The van der Waals surface area contributed by atoms with E-state index >= 15 is 0 Å². The molecule has 0 saturated heterocycles. The van der Waals surface area contributed by atoms with Crippen LogP contribution >= 0.6 is 0 Å². The fraction of sp³-hybridized carbons (Fsp3) is 0.500. The first-order valence-electron chi connectivity index (χ1n) is 6.70. The minimum absolute atomic E-state index is 0.111. The summed E-state index contributed by atoms with van der Waals surface area (Å²) in [6, 6.07) is 7.28. The molecule has 0 spiro atoms. The molecule has 1 aromatic carbocycles. The Morgan fingerprint density at radius 2 is 2.16 bits per heavy atom. The number of phenolic OH excluding ortho intramolecular Hbond substituents is 1. The van der Waals surface area contributed by atoms with Crippen LogP contribution in [0.5, 0.6) is 5.75 Å². The van der Waals surface area contributed by atoms with Crippen molar-refractivity contribution in [1.29, 1.82) is 0 Å². The number of hydrogen-bond acceptors (Lipinski definition) is 4. The molecule has 5 heteroatoms. The summed E-state index contributed by atoms with van der Waals surface area (Å²) < 4.78 is 0. The highest BCUT2D eigenvalue weighted by Gasteiger charge is 2.05. The van der Waals surface area contributed by atoms with Gasteiger partial charge in [-0.25, -0.2) is 5.84 Å². The largest absolute Gasteiger partial charge is 0.508 e. The van der Waals surface area contributed by atoms with Crippen molar-refractivity contribution in [3.63, 3.8) is 0 Å². The number of amides is 1. The lowest BCUT2D eigenvalue weighted by molar-refractivity contribution is -0.121. The maximum Gasteiger partial charge on any atom is 0.233 e. The second-order valence-corrected chi connectivity index (χ2v) is 4.48. The molecule has 106 valence electrons. The minimum atomic E-state index is -0.111. The van der Waals surface area contributed by atoms with Gasteiger partial charge in [-0.1, -0.05) is 12.5 Å². The summed E-state index contributed by atoms with van der Waals surface area (Å²) in [4.78, 5) is 13.2. The second kappa shape index (κ2) is 8.37. The van der Waals surface area contributed by atoms with E-state index in [9.17, 15) is 9.90 Å². The predicted molar refractivity (Wildman–Crippen MR) is 76.8 cm³/mol. The van der Waals surface area contributed by atoms with Crippen LogP contribution in [0, 0.1) is 0 Å². The van der Waals surface area contributed by atoms with Gasteiger partial charge in [0, 0.05) is 31.3 Å². The van der Waals surface area contributed by atoms with Crippen LogP contribution in [0.3, 0.4) is 0 Å². The Balaban J connectivity index is 2.31. The average molecular weight is 265 g/mol. The van der Waals surface area contributed by atoms with E-state index in [1.165, 1.54) is 0 Å². The highest BCUT2D eigenvalue weighted by molar-refractivity contribution is 5.75. The Kier molecular flexibility index (Phi) is 6.74. The van der Waals surface area contributed by atoms with Crippen LogP contribution in [0.1, 0.15) is 32.6 Å². The van der Waals surface area contributed by atoms with Gasteiger partial charge in [0.15, 0.2) is 0 Å². The summed E-state index contributed by atoms with van der Waals surface area (Å²) in [6.07, 6.45) is 3.33. The van der Waals surface area contributed by atoms with Gasteiger partial charge in [-0.05, 0) is 31.9 Å². The number of carbonyl (C=O) groups excluding carboxylic acids is 1. The molecule has 1 aromatic rings. The molecule has 4 N–H and O–H groups in total. The van der Waals surface area contributed by atoms with Crippen molar-refractivity contribution in [2.75, 3.05) is 18.0 Å². The molecule has 0 aliphatic rings. The van der Waals surface area contributed by atoms with E-state index < -0.39 is 0 Å². The number of benzene rings is 1. The zero-order valence-corrected chi connectivity index (χ0v) is 11.4. The van der Waals surface area contributed by atoms with Gasteiger partial charge in [0.05, 0.1) is 0 Å². The highest BCUT2D eigenvalue weighted by atomic mass is 16.3. The lowest BCUT2D eigenvalue weighted by Gasteiger charge is -2.23. The van der Waals surface area contributed by atoms with Gasteiger partial charge in [0.1, 0.15) is 5.75 Å². The van der Waals surface area contributed by atoms with Crippen molar-refractivity contribution >= 4 is 11.6 Å². The number of nitrogens with two attached hydrogens (primary N) is 1. The minimum Gasteiger partial charge on any atom is -0.508 e. The number of phenols is 1. The zero-order valence-electron chi connectivity index (χ0n) is 11.4. The van der Waals surface area contributed by atoms with Crippen LogP contribution in [-0.4, -0.2) is 24.1 Å². The van der Waals surface area contributed by atoms with Crippen LogP contribution < -0.4 is 16.2 Å². The summed E-state index contributed by atoms with van der Waals surface area (Å²) in [5, 5.41) is 9.47. The summed E-state index contributed by atoms with van der Waals surface area (Å²) in [7, 11) is 0. The Labute approximate surface area is 114 Å². The Morgan fingerprint density at radius 3 is 2.79 bits per heavy atom. The molecule has 5 nitrogen and oxygen atoms in total. The SMILES string of the molecule is CCN(CCCCCC(=O)NN)c1cccc(O)c1. The van der Waals surface area contributed by atoms with Gasteiger partial charge < -0.3 is 10.0 Å². The molecule has 0 aliphatic carbocycles. The van der Waals surface area contributed by atoms with Crippen molar-refractivity contribution in [1.82, 2.24) is 5.43 Å². The quantitative estimate of drug-likeness (QED) is 0.290. The molecule has 0 bridgehead atoms. The molecule has 0 aliphatic heterocycles. The van der Waals surface area contributed by atoms with Gasteiger partial charge >= 0.3 is 0 Å². The van der Waals surface area contributed by atoms with Gasteiger partial charge in [0.2, 0.25) is 5.91 Å². The summed E-state index contributed by atoms with van der Waals surface area (Å²) in [6.45, 7) is 3.91. The van der Waals surface area contributed by atoms with Crippen LogP contribution in [0.2, 0.25) is 0 Å². The topological polar surface area (TPSA) is 78.6 Å². The molecular formula is C14H23N3O2. The van der Waals surface area contributed by atoms with E-state index in [-0.39, 0.29) is 11.7 Å². The maximum absolute atomic E-state index is 10.9. The van der Waals surface area contributed by atoms with Gasteiger partial charge in [-0.3, -0.25) is 10.2 Å². The number of anilines is 1. The normalized spacial score (nSPS) is 10.2. The monoisotopic (exact) mass is 265 g/mol. The fourth-order valence-electron chi connectivity index (χ4n) is 2.00. The van der Waals surface area contributed by atoms with Crippen LogP contribution in [0.15, 0.2) is 24.3 Å². The highest BCUT2D eigenvalue weighted by Crippen LogP contribution is 2.20. The molecule has 19 heavy (non-hydrogen) atoms. The van der Waals surface area contributed by atoms with E-state index in [0.717, 1.165) is 38.0 Å². The van der Waals surface area contributed by atoms with E-state index in [4.69, 9.17) is 5.84 Å². The third-order valence-electron chi connectivity index (χ3n) is 3.07. The number of nitrogens with one attached hydrogen (secondary N) is 1. The molecule has 0 saturated carbocycles. The molecule has 1 amide bonds. The number of hydrogen-bond donors (Lipinski definition) is 3. The number of rotatable bonds is 8. The average Bonchev–Trinajstić information content (AvgIpc) is 2.42. The first-order valence-corrected chi connectivity index (χ1v) is 6.70. The lowest BCUT2D eigenvalue weighted by atomic mass is 10.1. The zero-order chi connectivity index (χ0) is 14.1. The third kappa shape index (κ3) is 5.61. The smallest absolute Gasteiger partial charge is 0.233 e. The molecule has 1 rings (SSSR count). The van der Waals surface area contributed by atoms with Crippen molar-refractivity contribution < 1.29 is 9.90 Å². The van der Waals surface area contributed by atoms with Crippen LogP contribution in [-0.2, 0) is 4.79 Å². The van der Waals surface area contributed by atoms with Gasteiger partial charge in [-0.15, -0.1) is 0 Å². The van der Waals surface area contributed by atoms with E-state index in [1.807, 2.05) is 12.1 Å². The number of carbonyl (C=O) groups is 1. The van der Waals surface area contributed by atoms with Crippen molar-refractivity contribution in [2.45, 2.75) is 32.6 Å². The van der Waals surface area contributed by atoms with Crippen molar-refractivity contribution in [3.05, 3.63) is 24.3 Å². The molecule has 0 heterocycles. The number of hydrazine groups is 1. The van der Waals surface area contributed by atoms with Crippen molar-refractivity contribution in [3.8, 4) is 5.75 Å². The summed E-state index contributed by atoms with van der Waals surface area (Å²) >= 11 is 0. The summed E-state index contributed by atoms with van der Waals surface area (Å²) in [5.74, 6) is 5.19. The maximum atomic E-state index is 10.9. The Morgan fingerprint density at radius 1 is 1.37 bits per heavy atom. The molecule has 0 radical (unpaired) electrons. The third-order valence-corrected chi connectivity index (χ3v) is 3.07. The van der Waals surface area contributed by atoms with E-state index in [2.05, 4.69) is 17.2 Å². The number of nitrogens with zero attached hydrogens (tertiary/aromatic N) is 1. The molecular weight excluding hydrogens is 242 g/mol. The van der Waals surface area contributed by atoms with E-state index in [0.29, 0.717) is 6.42 Å². The van der Waals surface area contributed by atoms with Crippen molar-refractivity contribution in [2.24, 2.45) is 5.84 Å². The van der Waals surface area contributed by atoms with E-state index in [1.54, 1.807) is 12.1 Å². The van der Waals surface area contributed by atoms with Gasteiger partial charge in [-0.2, -0.15) is 0 Å². The second-order valence-electron chi connectivity index (χ2n) is 4.48. The Bertz CT molecular complexity index is 396. The molecule has 0 atom stereocenters. The summed E-state index contributed by atoms with van der Waals surface area (Å²) in [5.41, 5.74) is 3.16. The molecule has 0 unspecified atom stereocenters. The predicted octanol–water partition coefficient (Wildman–Crippen LogP) is 1.77. The Hall–Kier alpha value is -1.75. The number of aromatic hydroxyl groups is 1. The number of unbranched alkanes of at least 4 members (excludes halogenated alkanes) is 2. The fourth-order valence-corrected chi connectivity index (χ4v) is 2.00. The van der Waals surface area contributed by atoms with Crippen LogP contribution in [0.25, 0.3) is 0 Å².